The standard InChI is InChI=1S/C20H18ClNO3S/c21-18-9-5-4-8-16(18)13-26(24)14-17-10-11-19(25-17)20(23)22-12-15-6-2-1-3-7-15/h1-11H,12-14H2,(H,22,23). The van der Waals surface area contributed by atoms with Gasteiger partial charge in [-0.05, 0) is 29.3 Å². The summed E-state index contributed by atoms with van der Waals surface area (Å²) < 4.78 is 17.9. The van der Waals surface area contributed by atoms with Gasteiger partial charge in [-0.1, -0.05) is 60.1 Å². The van der Waals surface area contributed by atoms with E-state index < -0.39 is 10.8 Å². The minimum atomic E-state index is -1.18. The van der Waals surface area contributed by atoms with E-state index >= 15 is 0 Å². The predicted octanol–water partition coefficient (Wildman–Crippen LogP) is 4.31. The van der Waals surface area contributed by atoms with Crippen molar-refractivity contribution in [3.8, 4) is 0 Å². The molecule has 1 amide bonds. The number of hydrogen-bond acceptors (Lipinski definition) is 3. The molecule has 134 valence electrons. The van der Waals surface area contributed by atoms with Crippen LogP contribution in [0.25, 0.3) is 0 Å². The molecule has 3 rings (SSSR count). The van der Waals surface area contributed by atoms with Crippen molar-refractivity contribution >= 4 is 28.3 Å². The van der Waals surface area contributed by atoms with Gasteiger partial charge in [0.25, 0.3) is 5.91 Å². The van der Waals surface area contributed by atoms with Gasteiger partial charge in [-0.15, -0.1) is 0 Å². The van der Waals surface area contributed by atoms with Crippen molar-refractivity contribution in [3.63, 3.8) is 0 Å². The maximum absolute atomic E-state index is 12.3. The number of carbonyl (C=O) groups is 1. The van der Waals surface area contributed by atoms with Crippen LogP contribution in [-0.4, -0.2) is 10.1 Å². The lowest BCUT2D eigenvalue weighted by Gasteiger charge is -2.04. The quantitative estimate of drug-likeness (QED) is 0.657. The maximum Gasteiger partial charge on any atom is 0.287 e. The van der Waals surface area contributed by atoms with Crippen molar-refractivity contribution in [1.29, 1.82) is 0 Å². The number of rotatable bonds is 7. The molecule has 26 heavy (non-hydrogen) atoms. The molecule has 2 aromatic carbocycles. The van der Waals surface area contributed by atoms with Gasteiger partial charge >= 0.3 is 0 Å². The lowest BCUT2D eigenvalue weighted by Crippen LogP contribution is -2.22. The predicted molar refractivity (Wildman–Crippen MR) is 103 cm³/mol. The molecule has 1 N–H and O–H groups in total. The van der Waals surface area contributed by atoms with Crippen LogP contribution >= 0.6 is 11.6 Å². The number of halogens is 1. The first-order chi connectivity index (χ1) is 12.6. The van der Waals surface area contributed by atoms with Gasteiger partial charge in [0.15, 0.2) is 5.76 Å². The molecule has 1 heterocycles. The highest BCUT2D eigenvalue weighted by molar-refractivity contribution is 7.83. The number of furan rings is 1. The van der Waals surface area contributed by atoms with Crippen LogP contribution in [0.2, 0.25) is 5.02 Å². The Bertz CT molecular complexity index is 908. The van der Waals surface area contributed by atoms with E-state index in [1.807, 2.05) is 48.5 Å². The number of hydrogen-bond donors (Lipinski definition) is 1. The van der Waals surface area contributed by atoms with Crippen LogP contribution in [0, 0.1) is 0 Å². The Morgan fingerprint density at radius 1 is 0.962 bits per heavy atom. The molecule has 0 bridgehead atoms. The smallest absolute Gasteiger partial charge is 0.287 e. The fraction of sp³-hybridized carbons (Fsp3) is 0.150. The van der Waals surface area contributed by atoms with Gasteiger partial charge in [0.1, 0.15) is 5.76 Å². The van der Waals surface area contributed by atoms with Gasteiger partial charge < -0.3 is 9.73 Å². The van der Waals surface area contributed by atoms with Crippen molar-refractivity contribution in [2.75, 3.05) is 0 Å². The van der Waals surface area contributed by atoms with Gasteiger partial charge in [0.2, 0.25) is 0 Å². The second kappa shape index (κ2) is 8.83. The van der Waals surface area contributed by atoms with E-state index in [2.05, 4.69) is 5.32 Å². The lowest BCUT2D eigenvalue weighted by atomic mass is 10.2. The van der Waals surface area contributed by atoms with Crippen LogP contribution in [0.1, 0.15) is 27.4 Å². The molecule has 0 saturated heterocycles. The molecule has 0 aliphatic carbocycles. The topological polar surface area (TPSA) is 59.3 Å². The first kappa shape index (κ1) is 18.4. The largest absolute Gasteiger partial charge is 0.455 e. The summed E-state index contributed by atoms with van der Waals surface area (Å²) in [7, 11) is -1.18. The van der Waals surface area contributed by atoms with E-state index in [9.17, 15) is 9.00 Å². The number of benzene rings is 2. The Balaban J connectivity index is 1.54. The van der Waals surface area contributed by atoms with Crippen LogP contribution in [0.5, 0.6) is 0 Å². The minimum absolute atomic E-state index is 0.214. The highest BCUT2D eigenvalue weighted by atomic mass is 35.5. The highest BCUT2D eigenvalue weighted by Crippen LogP contribution is 2.19. The van der Waals surface area contributed by atoms with E-state index in [-0.39, 0.29) is 17.4 Å². The fourth-order valence-electron chi connectivity index (χ4n) is 2.44. The van der Waals surface area contributed by atoms with E-state index in [0.717, 1.165) is 11.1 Å². The van der Waals surface area contributed by atoms with E-state index in [1.165, 1.54) is 0 Å². The summed E-state index contributed by atoms with van der Waals surface area (Å²) in [6.45, 7) is 0.425. The van der Waals surface area contributed by atoms with Gasteiger partial charge in [0, 0.05) is 22.4 Å². The molecule has 3 aromatic rings. The summed E-state index contributed by atoms with van der Waals surface area (Å²) in [5.74, 6) is 1.01. The molecular formula is C20H18ClNO3S. The highest BCUT2D eigenvalue weighted by Gasteiger charge is 2.13. The van der Waals surface area contributed by atoms with Gasteiger partial charge in [-0.3, -0.25) is 9.00 Å². The second-order valence-corrected chi connectivity index (χ2v) is 7.62. The summed E-state index contributed by atoms with van der Waals surface area (Å²) in [5, 5.41) is 3.40. The third-order valence-corrected chi connectivity index (χ3v) is 5.37. The van der Waals surface area contributed by atoms with Gasteiger partial charge in [0.05, 0.1) is 11.5 Å². The Hall–Kier alpha value is -2.37. The normalized spacial score (nSPS) is 11.9. The Morgan fingerprint density at radius 3 is 2.46 bits per heavy atom. The van der Waals surface area contributed by atoms with Crippen molar-refractivity contribution in [2.24, 2.45) is 0 Å². The molecular weight excluding hydrogens is 370 g/mol. The number of nitrogens with one attached hydrogen (secondary N) is 1. The summed E-state index contributed by atoms with van der Waals surface area (Å²) >= 11 is 6.09. The minimum Gasteiger partial charge on any atom is -0.455 e. The molecule has 0 aliphatic heterocycles. The Morgan fingerprint density at radius 2 is 1.69 bits per heavy atom. The number of amides is 1. The third kappa shape index (κ3) is 5.07. The van der Waals surface area contributed by atoms with E-state index in [4.69, 9.17) is 16.0 Å². The summed E-state index contributed by atoms with van der Waals surface area (Å²) in [5.41, 5.74) is 1.84. The van der Waals surface area contributed by atoms with E-state index in [0.29, 0.717) is 23.1 Å². The molecule has 0 fully saturated rings. The van der Waals surface area contributed by atoms with Crippen LogP contribution in [0.15, 0.2) is 71.1 Å². The van der Waals surface area contributed by atoms with Crippen LogP contribution < -0.4 is 5.32 Å². The zero-order valence-electron chi connectivity index (χ0n) is 14.0. The molecule has 1 aromatic heterocycles. The average molecular weight is 388 g/mol. The maximum atomic E-state index is 12.3. The van der Waals surface area contributed by atoms with Gasteiger partial charge in [-0.2, -0.15) is 0 Å². The molecule has 0 aliphatic rings. The molecule has 0 radical (unpaired) electrons. The summed E-state index contributed by atoms with van der Waals surface area (Å²) in [6.07, 6.45) is 0. The van der Waals surface area contributed by atoms with Crippen molar-refractivity contribution in [1.82, 2.24) is 5.32 Å². The Labute approximate surface area is 159 Å². The monoisotopic (exact) mass is 387 g/mol. The number of carbonyl (C=O) groups excluding carboxylic acids is 1. The Kier molecular flexibility index (Phi) is 6.26. The first-order valence-corrected chi connectivity index (χ1v) is 9.97. The lowest BCUT2D eigenvalue weighted by molar-refractivity contribution is 0.0921. The summed E-state index contributed by atoms with van der Waals surface area (Å²) in [6, 6.07) is 20.2. The SMILES string of the molecule is O=C(NCc1ccccc1)c1ccc(CS(=O)Cc2ccccc2Cl)o1. The molecule has 6 heteroatoms. The second-order valence-electron chi connectivity index (χ2n) is 5.75. The van der Waals surface area contributed by atoms with Crippen molar-refractivity contribution in [2.45, 2.75) is 18.1 Å². The summed E-state index contributed by atoms with van der Waals surface area (Å²) in [4.78, 5) is 12.2. The molecule has 1 atom stereocenters. The van der Waals surface area contributed by atoms with Gasteiger partial charge in [-0.25, -0.2) is 0 Å². The van der Waals surface area contributed by atoms with Crippen LogP contribution in [0.4, 0.5) is 0 Å². The first-order valence-electron chi connectivity index (χ1n) is 8.11. The zero-order valence-corrected chi connectivity index (χ0v) is 15.6. The average Bonchev–Trinajstić information content (AvgIpc) is 3.11. The molecule has 0 saturated carbocycles. The fourth-order valence-corrected chi connectivity index (χ4v) is 3.90. The van der Waals surface area contributed by atoms with E-state index in [1.54, 1.807) is 18.2 Å². The molecule has 1 unspecified atom stereocenters. The molecule has 4 nitrogen and oxygen atoms in total. The molecule has 0 spiro atoms. The van der Waals surface area contributed by atoms with Crippen LogP contribution in [0.3, 0.4) is 0 Å². The van der Waals surface area contributed by atoms with Crippen LogP contribution in [-0.2, 0) is 28.9 Å². The zero-order chi connectivity index (χ0) is 18.4. The van der Waals surface area contributed by atoms with Crippen molar-refractivity contribution in [3.05, 3.63) is 94.4 Å². The van der Waals surface area contributed by atoms with Crippen molar-refractivity contribution < 1.29 is 13.4 Å². The third-order valence-electron chi connectivity index (χ3n) is 3.76.